The normalized spacial score (nSPS) is 9.85. The van der Waals surface area contributed by atoms with Crippen LogP contribution in [-0.2, 0) is 0 Å². The molecule has 0 atom stereocenters. The fraction of sp³-hybridized carbons (Fsp3) is 0. The first kappa shape index (κ1) is 7.80. The average molecular weight is 169 g/mol. The first-order valence-electron chi connectivity index (χ1n) is 4.04. The molecule has 0 fully saturated rings. The van der Waals surface area contributed by atoms with E-state index in [1.54, 1.807) is 6.20 Å². The standard InChI is InChI=1S/C11H9N2/c12-10-6-7-11(13-8-10)9-4-2-1-3-5-9/h1-2,4-8H,12H2. The van der Waals surface area contributed by atoms with Crippen LogP contribution in [0.4, 0.5) is 5.69 Å². The third kappa shape index (κ3) is 1.67. The number of nitrogens with two attached hydrogens (primary N) is 1. The third-order valence-corrected chi connectivity index (χ3v) is 1.79. The summed E-state index contributed by atoms with van der Waals surface area (Å²) in [5, 5.41) is 0. The number of nitrogen functional groups attached to an aromatic ring is 1. The van der Waals surface area contributed by atoms with E-state index in [2.05, 4.69) is 11.1 Å². The van der Waals surface area contributed by atoms with Crippen molar-refractivity contribution in [2.24, 2.45) is 0 Å². The van der Waals surface area contributed by atoms with E-state index in [1.165, 1.54) is 0 Å². The molecule has 0 aliphatic rings. The molecule has 1 aromatic carbocycles. The summed E-state index contributed by atoms with van der Waals surface area (Å²) in [6.07, 6.45) is 1.66. The summed E-state index contributed by atoms with van der Waals surface area (Å²) in [5.41, 5.74) is 8.20. The van der Waals surface area contributed by atoms with Gasteiger partial charge in [-0.2, -0.15) is 0 Å². The summed E-state index contributed by atoms with van der Waals surface area (Å²) in [6, 6.07) is 14.4. The maximum Gasteiger partial charge on any atom is 0.0703 e. The number of pyridine rings is 1. The molecule has 0 unspecified atom stereocenters. The van der Waals surface area contributed by atoms with E-state index in [0.717, 1.165) is 11.3 Å². The van der Waals surface area contributed by atoms with Gasteiger partial charge in [0.05, 0.1) is 17.6 Å². The van der Waals surface area contributed by atoms with Crippen LogP contribution in [-0.4, -0.2) is 4.98 Å². The Morgan fingerprint density at radius 2 is 2.15 bits per heavy atom. The van der Waals surface area contributed by atoms with E-state index in [0.29, 0.717) is 5.69 Å². The smallest absolute Gasteiger partial charge is 0.0703 e. The van der Waals surface area contributed by atoms with E-state index < -0.39 is 0 Å². The number of hydrogen-bond donors (Lipinski definition) is 1. The van der Waals surface area contributed by atoms with Gasteiger partial charge >= 0.3 is 0 Å². The zero-order valence-electron chi connectivity index (χ0n) is 7.07. The predicted molar refractivity (Wildman–Crippen MR) is 52.9 cm³/mol. The lowest BCUT2D eigenvalue weighted by Gasteiger charge is -1.99. The Morgan fingerprint density at radius 1 is 1.23 bits per heavy atom. The van der Waals surface area contributed by atoms with E-state index in [1.807, 2.05) is 36.4 Å². The van der Waals surface area contributed by atoms with Crippen LogP contribution in [0.2, 0.25) is 0 Å². The average Bonchev–Trinajstić information content (AvgIpc) is 2.20. The van der Waals surface area contributed by atoms with Crippen LogP contribution < -0.4 is 5.73 Å². The molecule has 0 aliphatic heterocycles. The van der Waals surface area contributed by atoms with Gasteiger partial charge in [0.2, 0.25) is 0 Å². The molecule has 0 aliphatic carbocycles. The third-order valence-electron chi connectivity index (χ3n) is 1.79. The van der Waals surface area contributed by atoms with Crippen molar-refractivity contribution in [1.29, 1.82) is 0 Å². The second-order valence-corrected chi connectivity index (χ2v) is 2.77. The second-order valence-electron chi connectivity index (χ2n) is 2.77. The fourth-order valence-electron chi connectivity index (χ4n) is 1.13. The van der Waals surface area contributed by atoms with Crippen molar-refractivity contribution < 1.29 is 0 Å². The van der Waals surface area contributed by atoms with E-state index in [4.69, 9.17) is 5.73 Å². The zero-order valence-corrected chi connectivity index (χ0v) is 7.07. The summed E-state index contributed by atoms with van der Waals surface area (Å²) >= 11 is 0. The van der Waals surface area contributed by atoms with Crippen molar-refractivity contribution in [3.8, 4) is 11.3 Å². The highest BCUT2D eigenvalue weighted by Crippen LogP contribution is 2.16. The van der Waals surface area contributed by atoms with Crippen molar-refractivity contribution >= 4 is 5.69 Å². The minimum atomic E-state index is 0.684. The lowest BCUT2D eigenvalue weighted by Crippen LogP contribution is -1.87. The summed E-state index contributed by atoms with van der Waals surface area (Å²) in [7, 11) is 0. The van der Waals surface area contributed by atoms with Crippen molar-refractivity contribution in [2.45, 2.75) is 0 Å². The monoisotopic (exact) mass is 169 g/mol. The molecule has 0 amide bonds. The summed E-state index contributed by atoms with van der Waals surface area (Å²) < 4.78 is 0. The van der Waals surface area contributed by atoms with Gasteiger partial charge in [0.25, 0.3) is 0 Å². The molecular weight excluding hydrogens is 160 g/mol. The van der Waals surface area contributed by atoms with Gasteiger partial charge in [0.1, 0.15) is 0 Å². The minimum Gasteiger partial charge on any atom is -0.397 e. The second kappa shape index (κ2) is 3.27. The SMILES string of the molecule is Nc1ccc(-c2c[c]ccc2)nc1. The number of rotatable bonds is 1. The fourth-order valence-corrected chi connectivity index (χ4v) is 1.13. The van der Waals surface area contributed by atoms with Crippen molar-refractivity contribution in [1.82, 2.24) is 4.98 Å². The molecule has 0 bridgehead atoms. The summed E-state index contributed by atoms with van der Waals surface area (Å²) in [4.78, 5) is 4.20. The van der Waals surface area contributed by atoms with Crippen LogP contribution >= 0.6 is 0 Å². The lowest BCUT2D eigenvalue weighted by molar-refractivity contribution is 1.33. The molecular formula is C11H9N2. The molecule has 13 heavy (non-hydrogen) atoms. The molecule has 63 valence electrons. The first-order chi connectivity index (χ1) is 6.36. The predicted octanol–water partition coefficient (Wildman–Crippen LogP) is 2.13. The number of nitrogens with zero attached hydrogens (tertiary/aromatic N) is 1. The van der Waals surface area contributed by atoms with Gasteiger partial charge in [0.15, 0.2) is 0 Å². The van der Waals surface area contributed by atoms with Crippen molar-refractivity contribution in [3.63, 3.8) is 0 Å². The van der Waals surface area contributed by atoms with Crippen LogP contribution in [0.25, 0.3) is 11.3 Å². The van der Waals surface area contributed by atoms with Gasteiger partial charge in [-0.25, -0.2) is 0 Å². The molecule has 2 heteroatoms. The number of benzene rings is 1. The molecule has 1 aromatic heterocycles. The van der Waals surface area contributed by atoms with E-state index >= 15 is 0 Å². The van der Waals surface area contributed by atoms with Crippen molar-refractivity contribution in [3.05, 3.63) is 48.7 Å². The summed E-state index contributed by atoms with van der Waals surface area (Å²) in [5.74, 6) is 0. The van der Waals surface area contributed by atoms with E-state index in [9.17, 15) is 0 Å². The molecule has 1 radical (unpaired) electrons. The van der Waals surface area contributed by atoms with E-state index in [-0.39, 0.29) is 0 Å². The summed E-state index contributed by atoms with van der Waals surface area (Å²) in [6.45, 7) is 0. The van der Waals surface area contributed by atoms with Gasteiger partial charge < -0.3 is 5.73 Å². The largest absolute Gasteiger partial charge is 0.397 e. The van der Waals surface area contributed by atoms with Crippen LogP contribution in [0.5, 0.6) is 0 Å². The highest BCUT2D eigenvalue weighted by atomic mass is 14.7. The van der Waals surface area contributed by atoms with Crippen LogP contribution in [0.1, 0.15) is 0 Å². The first-order valence-corrected chi connectivity index (χ1v) is 4.04. The highest BCUT2D eigenvalue weighted by Gasteiger charge is 1.95. The highest BCUT2D eigenvalue weighted by molar-refractivity contribution is 5.59. The quantitative estimate of drug-likeness (QED) is 0.710. The Kier molecular flexibility index (Phi) is 1.96. The Balaban J connectivity index is 2.42. The van der Waals surface area contributed by atoms with Gasteiger partial charge in [-0.15, -0.1) is 0 Å². The van der Waals surface area contributed by atoms with Gasteiger partial charge in [-0.3, -0.25) is 4.98 Å². The molecule has 2 nitrogen and oxygen atoms in total. The van der Waals surface area contributed by atoms with Crippen LogP contribution in [0.3, 0.4) is 0 Å². The molecule has 0 saturated heterocycles. The molecule has 0 saturated carbocycles. The Bertz CT molecular complexity index is 379. The molecule has 2 rings (SSSR count). The van der Waals surface area contributed by atoms with Crippen molar-refractivity contribution in [2.75, 3.05) is 5.73 Å². The Labute approximate surface area is 77.0 Å². The zero-order chi connectivity index (χ0) is 9.10. The van der Waals surface area contributed by atoms with Gasteiger partial charge in [0, 0.05) is 5.56 Å². The van der Waals surface area contributed by atoms with Crippen LogP contribution in [0, 0.1) is 6.07 Å². The van der Waals surface area contributed by atoms with Gasteiger partial charge in [-0.1, -0.05) is 18.2 Å². The minimum absolute atomic E-state index is 0.684. The number of anilines is 1. The lowest BCUT2D eigenvalue weighted by atomic mass is 10.1. The molecule has 2 aromatic rings. The Hall–Kier alpha value is -1.83. The number of hydrogen-bond acceptors (Lipinski definition) is 2. The molecule has 1 heterocycles. The Morgan fingerprint density at radius 3 is 2.77 bits per heavy atom. The van der Waals surface area contributed by atoms with Gasteiger partial charge in [-0.05, 0) is 24.3 Å². The maximum atomic E-state index is 5.53. The number of aromatic nitrogens is 1. The van der Waals surface area contributed by atoms with Crippen LogP contribution in [0.15, 0.2) is 42.6 Å². The molecule has 0 spiro atoms. The maximum absolute atomic E-state index is 5.53. The topological polar surface area (TPSA) is 38.9 Å². The molecule has 2 N–H and O–H groups in total.